The zero-order valence-electron chi connectivity index (χ0n) is 15.6. The van der Waals surface area contributed by atoms with Crippen LogP contribution < -0.4 is 0 Å². The maximum Gasteiger partial charge on any atom is 0.262 e. The number of thiophene rings is 1. The number of amides is 2. The van der Waals surface area contributed by atoms with Gasteiger partial charge < -0.3 is 4.90 Å². The molecule has 1 aliphatic rings. The molecule has 5 nitrogen and oxygen atoms in total. The monoisotopic (exact) mass is 403 g/mol. The predicted octanol–water partition coefficient (Wildman–Crippen LogP) is 4.19. The first-order chi connectivity index (χ1) is 12.9. The number of likely N-dealkylation sites (N-methyl/N-ethyl adjacent to an activating group) is 1. The minimum atomic E-state index is -0.272. The second-order valence-corrected chi connectivity index (χ2v) is 8.21. The lowest BCUT2D eigenvalue weighted by molar-refractivity contribution is -0.142. The van der Waals surface area contributed by atoms with E-state index in [-0.39, 0.29) is 30.3 Å². The lowest BCUT2D eigenvalue weighted by Gasteiger charge is -2.26. The number of hydrazone groups is 1. The number of carbonyl (C=O) groups excluding carboxylic acids is 2. The first-order valence-electron chi connectivity index (χ1n) is 8.81. The largest absolute Gasteiger partial charge is 0.336 e. The fraction of sp³-hybridized carbons (Fsp3) is 0.350. The summed E-state index contributed by atoms with van der Waals surface area (Å²) in [6.07, 6.45) is 0.595. The maximum absolute atomic E-state index is 13.0. The molecular weight excluding hydrogens is 382 g/mol. The van der Waals surface area contributed by atoms with Gasteiger partial charge in [-0.2, -0.15) is 5.10 Å². The second-order valence-electron chi connectivity index (χ2n) is 6.85. The van der Waals surface area contributed by atoms with Crippen LogP contribution in [0.4, 0.5) is 0 Å². The van der Waals surface area contributed by atoms with Crippen molar-refractivity contribution in [3.63, 3.8) is 0 Å². The Morgan fingerprint density at radius 1 is 1.30 bits per heavy atom. The highest BCUT2D eigenvalue weighted by molar-refractivity contribution is 7.12. The Morgan fingerprint density at radius 3 is 2.67 bits per heavy atom. The van der Waals surface area contributed by atoms with Crippen LogP contribution in [0.15, 0.2) is 46.9 Å². The summed E-state index contributed by atoms with van der Waals surface area (Å²) < 4.78 is 0. The van der Waals surface area contributed by atoms with E-state index in [4.69, 9.17) is 11.6 Å². The van der Waals surface area contributed by atoms with Crippen LogP contribution in [0.3, 0.4) is 0 Å². The highest BCUT2D eigenvalue weighted by Crippen LogP contribution is 2.36. The van der Waals surface area contributed by atoms with E-state index in [9.17, 15) is 9.59 Å². The third-order valence-electron chi connectivity index (χ3n) is 4.48. The summed E-state index contributed by atoms with van der Waals surface area (Å²) in [4.78, 5) is 27.6. The van der Waals surface area contributed by atoms with Crippen LogP contribution in [0.2, 0.25) is 5.02 Å². The number of hydrogen-bond acceptors (Lipinski definition) is 4. The molecule has 0 aliphatic carbocycles. The molecule has 0 spiro atoms. The quantitative estimate of drug-likeness (QED) is 0.751. The summed E-state index contributed by atoms with van der Waals surface area (Å²) in [5, 5.41) is 8.68. The van der Waals surface area contributed by atoms with Gasteiger partial charge in [-0.3, -0.25) is 9.59 Å². The van der Waals surface area contributed by atoms with Crippen LogP contribution >= 0.6 is 22.9 Å². The fourth-order valence-electron chi connectivity index (χ4n) is 3.11. The van der Waals surface area contributed by atoms with E-state index in [0.29, 0.717) is 11.4 Å². The summed E-state index contributed by atoms with van der Waals surface area (Å²) >= 11 is 7.99. The van der Waals surface area contributed by atoms with Gasteiger partial charge >= 0.3 is 0 Å². The standard InChI is InChI=1S/C20H22ClN3O2S/c1-13(2)20(26)23(3)12-19(25)24-17(14-7-4-5-8-15(14)21)11-16(22-24)18-9-6-10-27-18/h4-10,13,17H,11-12H2,1-3H3/t17-/m0/s1. The zero-order valence-corrected chi connectivity index (χ0v) is 17.1. The number of benzene rings is 1. The zero-order chi connectivity index (χ0) is 19.6. The molecule has 0 saturated carbocycles. The summed E-state index contributed by atoms with van der Waals surface area (Å²) in [6, 6.07) is 11.2. The van der Waals surface area contributed by atoms with Crippen LogP contribution in [-0.2, 0) is 9.59 Å². The molecule has 0 unspecified atom stereocenters. The molecule has 27 heavy (non-hydrogen) atoms. The lowest BCUT2D eigenvalue weighted by atomic mass is 10.0. The third-order valence-corrected chi connectivity index (χ3v) is 5.74. The van der Waals surface area contributed by atoms with Gasteiger partial charge in [0.1, 0.15) is 6.54 Å². The minimum absolute atomic E-state index is 0.0147. The average Bonchev–Trinajstić information content (AvgIpc) is 3.30. The van der Waals surface area contributed by atoms with E-state index >= 15 is 0 Å². The third kappa shape index (κ3) is 4.22. The molecule has 1 aromatic carbocycles. The van der Waals surface area contributed by atoms with Crippen molar-refractivity contribution in [1.29, 1.82) is 0 Å². The first-order valence-corrected chi connectivity index (χ1v) is 10.1. The average molecular weight is 404 g/mol. The van der Waals surface area contributed by atoms with Crippen molar-refractivity contribution >= 4 is 40.5 Å². The highest BCUT2D eigenvalue weighted by Gasteiger charge is 2.35. The number of nitrogens with zero attached hydrogens (tertiary/aromatic N) is 3. The van der Waals surface area contributed by atoms with Gasteiger partial charge in [0, 0.05) is 24.4 Å². The molecule has 7 heteroatoms. The van der Waals surface area contributed by atoms with Crippen LogP contribution in [-0.4, -0.2) is 41.0 Å². The lowest BCUT2D eigenvalue weighted by Crippen LogP contribution is -2.40. The van der Waals surface area contributed by atoms with Crippen LogP contribution in [0.5, 0.6) is 0 Å². The van der Waals surface area contributed by atoms with E-state index in [2.05, 4.69) is 5.10 Å². The minimum Gasteiger partial charge on any atom is -0.336 e. The molecule has 0 N–H and O–H groups in total. The SMILES string of the molecule is CC(C)C(=O)N(C)CC(=O)N1N=C(c2cccs2)C[C@H]1c1ccccc1Cl. The predicted molar refractivity (Wildman–Crippen MR) is 109 cm³/mol. The Labute approximate surface area is 168 Å². The van der Waals surface area contributed by atoms with Crippen LogP contribution in [0.1, 0.15) is 36.8 Å². The molecule has 0 radical (unpaired) electrons. The Kier molecular flexibility index (Phi) is 5.97. The van der Waals surface area contributed by atoms with Crippen molar-refractivity contribution in [2.75, 3.05) is 13.6 Å². The highest BCUT2D eigenvalue weighted by atomic mass is 35.5. The second kappa shape index (κ2) is 8.23. The van der Waals surface area contributed by atoms with Gasteiger partial charge in [-0.05, 0) is 23.1 Å². The molecule has 1 aliphatic heterocycles. The van der Waals surface area contributed by atoms with E-state index in [1.54, 1.807) is 18.4 Å². The number of hydrogen-bond donors (Lipinski definition) is 0. The van der Waals surface area contributed by atoms with Crippen molar-refractivity contribution in [2.45, 2.75) is 26.3 Å². The van der Waals surface area contributed by atoms with E-state index in [0.717, 1.165) is 16.2 Å². The van der Waals surface area contributed by atoms with Crippen molar-refractivity contribution in [3.05, 3.63) is 57.2 Å². The molecule has 3 rings (SSSR count). The Bertz CT molecular complexity index is 864. The molecule has 1 atom stereocenters. The summed E-state index contributed by atoms with van der Waals surface area (Å²) in [5.74, 6) is -0.451. The summed E-state index contributed by atoms with van der Waals surface area (Å²) in [7, 11) is 1.64. The fourth-order valence-corrected chi connectivity index (χ4v) is 4.10. The van der Waals surface area contributed by atoms with Crippen molar-refractivity contribution < 1.29 is 9.59 Å². The Balaban J connectivity index is 1.88. The van der Waals surface area contributed by atoms with Gasteiger partial charge in [0.25, 0.3) is 5.91 Å². The van der Waals surface area contributed by atoms with Gasteiger partial charge in [-0.25, -0.2) is 5.01 Å². The smallest absolute Gasteiger partial charge is 0.262 e. The molecule has 2 aromatic rings. The van der Waals surface area contributed by atoms with Crippen molar-refractivity contribution in [1.82, 2.24) is 9.91 Å². The Hall–Kier alpha value is -2.18. The topological polar surface area (TPSA) is 53.0 Å². The van der Waals surface area contributed by atoms with Gasteiger partial charge in [0.15, 0.2) is 0 Å². The molecule has 2 amide bonds. The van der Waals surface area contributed by atoms with Gasteiger partial charge in [0.05, 0.1) is 16.6 Å². The number of rotatable bonds is 5. The molecule has 0 saturated heterocycles. The Morgan fingerprint density at radius 2 is 2.04 bits per heavy atom. The molecule has 0 fully saturated rings. The normalized spacial score (nSPS) is 16.6. The molecule has 1 aromatic heterocycles. The number of halogens is 1. The van der Waals surface area contributed by atoms with E-state index in [1.807, 2.05) is 55.6 Å². The van der Waals surface area contributed by atoms with Crippen molar-refractivity contribution in [3.8, 4) is 0 Å². The van der Waals surface area contributed by atoms with Gasteiger partial charge in [-0.1, -0.05) is 49.7 Å². The van der Waals surface area contributed by atoms with Crippen LogP contribution in [0, 0.1) is 5.92 Å². The van der Waals surface area contributed by atoms with E-state index in [1.165, 1.54) is 9.91 Å². The molecule has 142 valence electrons. The molecule has 2 heterocycles. The van der Waals surface area contributed by atoms with Crippen molar-refractivity contribution in [2.24, 2.45) is 11.0 Å². The first kappa shape index (κ1) is 19.6. The summed E-state index contributed by atoms with van der Waals surface area (Å²) in [5.41, 5.74) is 1.72. The van der Waals surface area contributed by atoms with Crippen LogP contribution in [0.25, 0.3) is 0 Å². The van der Waals surface area contributed by atoms with Gasteiger partial charge in [0.2, 0.25) is 5.91 Å². The maximum atomic E-state index is 13.0. The number of carbonyl (C=O) groups is 2. The van der Waals surface area contributed by atoms with E-state index < -0.39 is 0 Å². The summed E-state index contributed by atoms with van der Waals surface area (Å²) in [6.45, 7) is 3.62. The molecule has 0 bridgehead atoms. The molecular formula is C20H22ClN3O2S. The van der Waals surface area contributed by atoms with Gasteiger partial charge in [-0.15, -0.1) is 11.3 Å².